The Hall–Kier alpha value is -4.32. The summed E-state index contributed by atoms with van der Waals surface area (Å²) in [5.41, 5.74) is 0.644. The van der Waals surface area contributed by atoms with Crippen molar-refractivity contribution < 1.29 is 23.8 Å². The minimum absolute atomic E-state index is 0.234. The number of methoxy groups -OCH3 is 2. The molecule has 1 saturated heterocycles. The van der Waals surface area contributed by atoms with Crippen molar-refractivity contribution in [1.29, 1.82) is 5.26 Å². The van der Waals surface area contributed by atoms with Gasteiger partial charge >= 0.3 is 0 Å². The first-order valence-corrected chi connectivity index (χ1v) is 10.8. The molecule has 1 N–H and O–H groups in total. The van der Waals surface area contributed by atoms with Crippen molar-refractivity contribution in [3.63, 3.8) is 0 Å². The lowest BCUT2D eigenvalue weighted by Gasteiger charge is -2.44. The Bertz CT molecular complexity index is 1360. The van der Waals surface area contributed by atoms with E-state index in [0.29, 0.717) is 59.8 Å². The Labute approximate surface area is 195 Å². The van der Waals surface area contributed by atoms with Crippen molar-refractivity contribution in [2.45, 2.75) is 18.6 Å². The smallest absolute Gasteiger partial charge is 0.272 e. The number of nitrogens with one attached hydrogen (secondary N) is 1. The first kappa shape index (κ1) is 21.5. The van der Waals surface area contributed by atoms with E-state index in [2.05, 4.69) is 10.3 Å². The lowest BCUT2D eigenvalue weighted by atomic mass is 9.96. The number of likely N-dealkylation sites (tertiary alicyclic amines) is 1. The van der Waals surface area contributed by atoms with E-state index < -0.39 is 5.72 Å². The molecule has 172 valence electrons. The predicted octanol–water partition coefficient (Wildman–Crippen LogP) is 2.88. The molecule has 0 unspecified atom stereocenters. The van der Waals surface area contributed by atoms with Crippen molar-refractivity contribution in [2.75, 3.05) is 27.3 Å². The number of nitriles is 1. The zero-order chi connectivity index (χ0) is 23.9. The first-order valence-electron chi connectivity index (χ1n) is 10.8. The molecule has 0 atom stereocenters. The lowest BCUT2D eigenvalue weighted by Crippen LogP contribution is -2.61. The molecule has 5 rings (SSSR count). The van der Waals surface area contributed by atoms with Crippen LogP contribution in [-0.4, -0.2) is 54.7 Å². The van der Waals surface area contributed by atoms with Crippen molar-refractivity contribution in [3.8, 4) is 23.3 Å². The fourth-order valence-corrected chi connectivity index (χ4v) is 4.47. The van der Waals surface area contributed by atoms with E-state index in [1.54, 1.807) is 43.4 Å². The van der Waals surface area contributed by atoms with Crippen molar-refractivity contribution >= 4 is 22.7 Å². The SMILES string of the molecule is COc1cc(C(=O)N2CCC3(CC2)NC(=O)c2cc(C#N)ccc2O3)nc2c(OC)cccc12. The Morgan fingerprint density at radius 1 is 1.15 bits per heavy atom. The standard InChI is InChI=1S/C25H22N4O5/c1-32-20-5-3-4-16-21(33-2)13-18(27-22(16)20)24(31)29-10-8-25(9-11-29)28-23(30)17-12-15(14-26)6-7-19(17)34-25/h3-7,12-13H,8-11H2,1-2H3,(H,28,30). The fraction of sp³-hybridized carbons (Fsp3) is 0.280. The van der Waals surface area contributed by atoms with Crippen molar-refractivity contribution in [3.05, 3.63) is 59.3 Å². The van der Waals surface area contributed by atoms with E-state index in [9.17, 15) is 9.59 Å². The maximum atomic E-state index is 13.3. The van der Waals surface area contributed by atoms with Gasteiger partial charge in [0.15, 0.2) is 5.72 Å². The molecule has 9 heteroatoms. The van der Waals surface area contributed by atoms with Gasteiger partial charge in [0, 0.05) is 37.4 Å². The number of carbonyl (C=O) groups excluding carboxylic acids is 2. The molecule has 1 fully saturated rings. The Balaban J connectivity index is 1.37. The number of rotatable bonds is 3. The van der Waals surface area contributed by atoms with Crippen LogP contribution in [0.25, 0.3) is 10.9 Å². The average molecular weight is 458 g/mol. The minimum Gasteiger partial charge on any atom is -0.496 e. The predicted molar refractivity (Wildman–Crippen MR) is 122 cm³/mol. The molecule has 9 nitrogen and oxygen atoms in total. The molecule has 3 aromatic rings. The molecule has 2 amide bonds. The third-order valence-electron chi connectivity index (χ3n) is 6.28. The largest absolute Gasteiger partial charge is 0.496 e. The molecule has 34 heavy (non-hydrogen) atoms. The van der Waals surface area contributed by atoms with Gasteiger partial charge in [-0.05, 0) is 30.3 Å². The highest BCUT2D eigenvalue weighted by atomic mass is 16.5. The Kier molecular flexibility index (Phi) is 5.21. The number of nitrogens with zero attached hydrogens (tertiary/aromatic N) is 3. The summed E-state index contributed by atoms with van der Waals surface area (Å²) in [4.78, 5) is 32.3. The number of carbonyl (C=O) groups is 2. The number of ether oxygens (including phenoxy) is 3. The zero-order valence-electron chi connectivity index (χ0n) is 18.8. The highest BCUT2D eigenvalue weighted by Crippen LogP contribution is 2.35. The number of fused-ring (bicyclic) bond motifs is 2. The quantitative estimate of drug-likeness (QED) is 0.642. The number of piperidine rings is 1. The van der Waals surface area contributed by atoms with Gasteiger partial charge in [-0.1, -0.05) is 6.07 Å². The van der Waals surface area contributed by atoms with Crippen molar-refractivity contribution in [1.82, 2.24) is 15.2 Å². The highest BCUT2D eigenvalue weighted by molar-refractivity contribution is 5.99. The van der Waals surface area contributed by atoms with Crippen LogP contribution in [0, 0.1) is 11.3 Å². The molecule has 3 heterocycles. The maximum absolute atomic E-state index is 13.3. The third-order valence-corrected chi connectivity index (χ3v) is 6.28. The van der Waals surface area contributed by atoms with Gasteiger partial charge in [0.05, 0.1) is 31.4 Å². The van der Waals surface area contributed by atoms with E-state index in [1.807, 2.05) is 18.2 Å². The Morgan fingerprint density at radius 2 is 1.91 bits per heavy atom. The number of para-hydroxylation sites is 1. The molecule has 2 aliphatic heterocycles. The van der Waals surface area contributed by atoms with Gasteiger partial charge in [-0.2, -0.15) is 5.26 Å². The van der Waals surface area contributed by atoms with Gasteiger partial charge in [0.2, 0.25) is 0 Å². The maximum Gasteiger partial charge on any atom is 0.272 e. The number of benzene rings is 2. The van der Waals surface area contributed by atoms with Crippen LogP contribution in [0.2, 0.25) is 0 Å². The first-order chi connectivity index (χ1) is 16.5. The topological polar surface area (TPSA) is 114 Å². The molecule has 0 saturated carbocycles. The molecular weight excluding hydrogens is 436 g/mol. The highest BCUT2D eigenvalue weighted by Gasteiger charge is 2.43. The summed E-state index contributed by atoms with van der Waals surface area (Å²) in [6.45, 7) is 0.747. The van der Waals surface area contributed by atoms with Gasteiger partial charge in [-0.3, -0.25) is 9.59 Å². The van der Waals surface area contributed by atoms with Crippen LogP contribution in [0.15, 0.2) is 42.5 Å². The monoisotopic (exact) mass is 458 g/mol. The van der Waals surface area contributed by atoms with E-state index in [-0.39, 0.29) is 17.5 Å². The minimum atomic E-state index is -0.896. The van der Waals surface area contributed by atoms with Crippen LogP contribution >= 0.6 is 0 Å². The number of aromatic nitrogens is 1. The van der Waals surface area contributed by atoms with Gasteiger partial charge in [-0.25, -0.2) is 4.98 Å². The van der Waals surface area contributed by atoms with E-state index in [4.69, 9.17) is 19.5 Å². The lowest BCUT2D eigenvalue weighted by molar-refractivity contribution is -0.0246. The van der Waals surface area contributed by atoms with Crippen LogP contribution in [0.4, 0.5) is 0 Å². The van der Waals surface area contributed by atoms with E-state index in [1.165, 1.54) is 6.07 Å². The van der Waals surface area contributed by atoms with Crippen molar-refractivity contribution in [2.24, 2.45) is 0 Å². The second-order valence-corrected chi connectivity index (χ2v) is 8.23. The summed E-state index contributed by atoms with van der Waals surface area (Å²) in [6, 6.07) is 13.9. The average Bonchev–Trinajstić information content (AvgIpc) is 2.87. The van der Waals surface area contributed by atoms with Crippen LogP contribution in [0.3, 0.4) is 0 Å². The molecule has 0 bridgehead atoms. The summed E-state index contributed by atoms with van der Waals surface area (Å²) in [5.74, 6) is 1.01. The van der Waals surface area contributed by atoms with E-state index >= 15 is 0 Å². The third kappa shape index (κ3) is 3.53. The number of hydrogen-bond donors (Lipinski definition) is 1. The summed E-state index contributed by atoms with van der Waals surface area (Å²) in [6.07, 6.45) is 0.829. The second-order valence-electron chi connectivity index (χ2n) is 8.23. The second kappa shape index (κ2) is 8.23. The summed E-state index contributed by atoms with van der Waals surface area (Å²) in [5, 5.41) is 12.8. The summed E-state index contributed by atoms with van der Waals surface area (Å²) < 4.78 is 17.1. The number of pyridine rings is 1. The molecule has 0 radical (unpaired) electrons. The normalized spacial score (nSPS) is 16.3. The van der Waals surface area contributed by atoms with Crippen LogP contribution < -0.4 is 19.5 Å². The van der Waals surface area contributed by atoms with Crippen LogP contribution in [-0.2, 0) is 0 Å². The molecule has 2 aliphatic rings. The van der Waals surface area contributed by atoms with Gasteiger partial charge in [0.25, 0.3) is 11.8 Å². The Morgan fingerprint density at radius 3 is 2.62 bits per heavy atom. The summed E-state index contributed by atoms with van der Waals surface area (Å²) in [7, 11) is 3.10. The van der Waals surface area contributed by atoms with E-state index in [0.717, 1.165) is 5.39 Å². The number of amides is 2. The summed E-state index contributed by atoms with van der Waals surface area (Å²) >= 11 is 0. The molecule has 1 aromatic heterocycles. The van der Waals surface area contributed by atoms with Gasteiger partial charge < -0.3 is 24.4 Å². The molecular formula is C25H22N4O5. The molecule has 2 aromatic carbocycles. The molecule has 1 spiro atoms. The van der Waals surface area contributed by atoms with Crippen LogP contribution in [0.1, 0.15) is 39.3 Å². The number of hydrogen-bond acceptors (Lipinski definition) is 7. The fourth-order valence-electron chi connectivity index (χ4n) is 4.47. The van der Waals surface area contributed by atoms with Crippen LogP contribution in [0.5, 0.6) is 17.2 Å². The molecule has 0 aliphatic carbocycles. The zero-order valence-corrected chi connectivity index (χ0v) is 18.8. The van der Waals surface area contributed by atoms with Gasteiger partial charge in [0.1, 0.15) is 28.5 Å². The van der Waals surface area contributed by atoms with Gasteiger partial charge in [-0.15, -0.1) is 0 Å².